The number of methoxy groups -OCH3 is 1. The van der Waals surface area contributed by atoms with E-state index < -0.39 is 22.6 Å². The summed E-state index contributed by atoms with van der Waals surface area (Å²) in [5, 5.41) is 22.5. The summed E-state index contributed by atoms with van der Waals surface area (Å²) in [4.78, 5) is 22.7. The molecule has 0 fully saturated rings. The third-order valence-electron chi connectivity index (χ3n) is 4.85. The van der Waals surface area contributed by atoms with Gasteiger partial charge in [0.2, 0.25) is 0 Å². The highest BCUT2D eigenvalue weighted by Gasteiger charge is 2.30. The summed E-state index contributed by atoms with van der Waals surface area (Å²) in [6, 6.07) is 16.3. The van der Waals surface area contributed by atoms with Crippen LogP contribution in [0, 0.1) is 21.4 Å². The van der Waals surface area contributed by atoms with Gasteiger partial charge in [-0.3, -0.25) is 14.9 Å². The standard InChI is InChI=1S/C25H18F3N3O5/c1-35-23-12-17(7-10-22(23)36-15-16-5-8-21(9-6-16)31(33)34)11-18(14-29)24(32)30-20-4-2-3-19(13-20)25(26,27)28/h2-13H,15H2,1H3,(H,30,32)/b18-11+. The van der Waals surface area contributed by atoms with Crippen LogP contribution in [-0.4, -0.2) is 17.9 Å². The molecular weight excluding hydrogens is 479 g/mol. The molecule has 0 atom stereocenters. The van der Waals surface area contributed by atoms with Crippen LogP contribution in [0.15, 0.2) is 72.3 Å². The molecule has 0 heterocycles. The first kappa shape index (κ1) is 25.8. The van der Waals surface area contributed by atoms with Crippen LogP contribution in [0.1, 0.15) is 16.7 Å². The molecule has 36 heavy (non-hydrogen) atoms. The third-order valence-corrected chi connectivity index (χ3v) is 4.85. The maximum atomic E-state index is 12.9. The molecule has 0 aliphatic carbocycles. The van der Waals surface area contributed by atoms with Gasteiger partial charge in [0.05, 0.1) is 17.6 Å². The minimum atomic E-state index is -4.58. The van der Waals surface area contributed by atoms with Crippen molar-refractivity contribution in [2.45, 2.75) is 12.8 Å². The molecule has 11 heteroatoms. The molecule has 3 rings (SSSR count). The number of halogens is 3. The number of nitro benzene ring substituents is 1. The Labute approximate surface area is 203 Å². The van der Waals surface area contributed by atoms with Gasteiger partial charge in [-0.05, 0) is 59.7 Å². The number of rotatable bonds is 8. The molecule has 0 saturated carbocycles. The van der Waals surface area contributed by atoms with Gasteiger partial charge in [0.15, 0.2) is 11.5 Å². The van der Waals surface area contributed by atoms with Crippen LogP contribution in [0.25, 0.3) is 6.08 Å². The monoisotopic (exact) mass is 497 g/mol. The number of alkyl halides is 3. The Bertz CT molecular complexity index is 1350. The zero-order valence-electron chi connectivity index (χ0n) is 18.7. The van der Waals surface area contributed by atoms with Crippen molar-refractivity contribution in [1.82, 2.24) is 0 Å². The van der Waals surface area contributed by atoms with E-state index >= 15 is 0 Å². The number of non-ortho nitro benzene ring substituents is 1. The maximum absolute atomic E-state index is 12.9. The van der Waals surface area contributed by atoms with E-state index in [9.17, 15) is 33.3 Å². The summed E-state index contributed by atoms with van der Waals surface area (Å²) in [6.07, 6.45) is -3.32. The topological polar surface area (TPSA) is 114 Å². The Balaban J connectivity index is 1.74. The van der Waals surface area contributed by atoms with Crippen LogP contribution in [-0.2, 0) is 17.6 Å². The average molecular weight is 497 g/mol. The van der Waals surface area contributed by atoms with Gasteiger partial charge >= 0.3 is 6.18 Å². The molecule has 1 N–H and O–H groups in total. The number of ether oxygens (including phenoxy) is 2. The molecule has 0 spiro atoms. The Morgan fingerprint density at radius 1 is 1.11 bits per heavy atom. The first-order valence-electron chi connectivity index (χ1n) is 10.3. The van der Waals surface area contributed by atoms with Crippen molar-refractivity contribution in [3.8, 4) is 17.6 Å². The number of hydrogen-bond acceptors (Lipinski definition) is 6. The highest BCUT2D eigenvalue weighted by Crippen LogP contribution is 2.31. The van der Waals surface area contributed by atoms with Crippen molar-refractivity contribution in [2.24, 2.45) is 0 Å². The van der Waals surface area contributed by atoms with Gasteiger partial charge in [-0.25, -0.2) is 0 Å². The third kappa shape index (κ3) is 6.60. The smallest absolute Gasteiger partial charge is 0.416 e. The van der Waals surface area contributed by atoms with E-state index in [1.165, 1.54) is 37.5 Å². The number of hydrogen-bond donors (Lipinski definition) is 1. The molecule has 0 aromatic heterocycles. The largest absolute Gasteiger partial charge is 0.493 e. The fraction of sp³-hybridized carbons (Fsp3) is 0.120. The van der Waals surface area contributed by atoms with E-state index in [2.05, 4.69) is 5.32 Å². The summed E-state index contributed by atoms with van der Waals surface area (Å²) >= 11 is 0. The highest BCUT2D eigenvalue weighted by atomic mass is 19.4. The van der Waals surface area contributed by atoms with Crippen molar-refractivity contribution in [3.63, 3.8) is 0 Å². The number of carbonyl (C=O) groups is 1. The van der Waals surface area contributed by atoms with Gasteiger partial charge in [0.1, 0.15) is 18.2 Å². The van der Waals surface area contributed by atoms with Crippen molar-refractivity contribution >= 4 is 23.4 Å². The summed E-state index contributed by atoms with van der Waals surface area (Å²) < 4.78 is 49.7. The SMILES string of the molecule is COc1cc(/C=C(\C#N)C(=O)Nc2cccc(C(F)(F)F)c2)ccc1OCc1ccc([N+](=O)[O-])cc1. The highest BCUT2D eigenvalue weighted by molar-refractivity contribution is 6.09. The molecule has 0 radical (unpaired) electrons. The van der Waals surface area contributed by atoms with Crippen LogP contribution in [0.3, 0.4) is 0 Å². The molecule has 0 aliphatic heterocycles. The molecule has 184 valence electrons. The van der Waals surface area contributed by atoms with E-state index in [0.717, 1.165) is 18.2 Å². The summed E-state index contributed by atoms with van der Waals surface area (Å²) in [5.74, 6) is -0.240. The van der Waals surface area contributed by atoms with Crippen LogP contribution >= 0.6 is 0 Å². The zero-order valence-corrected chi connectivity index (χ0v) is 18.7. The van der Waals surface area contributed by atoms with Crippen LogP contribution in [0.4, 0.5) is 24.5 Å². The van der Waals surface area contributed by atoms with Crippen LogP contribution in [0.5, 0.6) is 11.5 Å². The number of nitrogens with one attached hydrogen (secondary N) is 1. The molecule has 3 aromatic carbocycles. The first-order chi connectivity index (χ1) is 17.1. The molecule has 0 saturated heterocycles. The Hall–Kier alpha value is -4.85. The number of anilines is 1. The van der Waals surface area contributed by atoms with Crippen molar-refractivity contribution in [1.29, 1.82) is 5.26 Å². The van der Waals surface area contributed by atoms with E-state index in [1.54, 1.807) is 30.3 Å². The Kier molecular flexibility index (Phi) is 7.91. The minimum Gasteiger partial charge on any atom is -0.493 e. The normalized spacial score (nSPS) is 11.4. The van der Waals surface area contributed by atoms with Crippen molar-refractivity contribution in [2.75, 3.05) is 12.4 Å². The quantitative estimate of drug-likeness (QED) is 0.184. The molecule has 8 nitrogen and oxygen atoms in total. The number of nitriles is 1. The second kappa shape index (κ2) is 11.1. The van der Waals surface area contributed by atoms with Gasteiger partial charge in [0.25, 0.3) is 11.6 Å². The Morgan fingerprint density at radius 3 is 2.44 bits per heavy atom. The average Bonchev–Trinajstić information content (AvgIpc) is 2.86. The minimum absolute atomic E-state index is 0.0436. The maximum Gasteiger partial charge on any atom is 0.416 e. The van der Waals surface area contributed by atoms with Gasteiger partial charge in [-0.15, -0.1) is 0 Å². The number of carbonyl (C=O) groups excluding carboxylic acids is 1. The van der Waals surface area contributed by atoms with Gasteiger partial charge in [0, 0.05) is 17.8 Å². The van der Waals surface area contributed by atoms with E-state index in [1.807, 2.05) is 0 Å². The molecule has 3 aromatic rings. The molecule has 0 bridgehead atoms. The van der Waals surface area contributed by atoms with Crippen molar-refractivity contribution < 1.29 is 32.4 Å². The van der Waals surface area contributed by atoms with Crippen LogP contribution < -0.4 is 14.8 Å². The lowest BCUT2D eigenvalue weighted by Crippen LogP contribution is -2.14. The zero-order chi connectivity index (χ0) is 26.3. The van der Waals surface area contributed by atoms with Gasteiger partial charge < -0.3 is 14.8 Å². The lowest BCUT2D eigenvalue weighted by atomic mass is 10.1. The molecular formula is C25H18F3N3O5. The first-order valence-corrected chi connectivity index (χ1v) is 10.3. The Morgan fingerprint density at radius 2 is 1.83 bits per heavy atom. The van der Waals surface area contributed by atoms with Crippen LogP contribution in [0.2, 0.25) is 0 Å². The number of nitrogens with zero attached hydrogens (tertiary/aromatic N) is 2. The number of benzene rings is 3. The van der Waals surface area contributed by atoms with Gasteiger partial charge in [-0.2, -0.15) is 18.4 Å². The lowest BCUT2D eigenvalue weighted by molar-refractivity contribution is -0.384. The van der Waals surface area contributed by atoms with Crippen molar-refractivity contribution in [3.05, 3.63) is 99.1 Å². The number of nitro groups is 1. The summed E-state index contributed by atoms with van der Waals surface area (Å²) in [5.41, 5.74) is -0.331. The molecule has 0 unspecified atom stereocenters. The van der Waals surface area contributed by atoms with Gasteiger partial charge in [-0.1, -0.05) is 12.1 Å². The summed E-state index contributed by atoms with van der Waals surface area (Å²) in [7, 11) is 1.40. The van der Waals surface area contributed by atoms with E-state index in [0.29, 0.717) is 22.6 Å². The predicted molar refractivity (Wildman–Crippen MR) is 124 cm³/mol. The molecule has 1 amide bonds. The summed E-state index contributed by atoms with van der Waals surface area (Å²) in [6.45, 7) is 0.104. The fourth-order valence-corrected chi connectivity index (χ4v) is 3.06. The number of amides is 1. The van der Waals surface area contributed by atoms with E-state index in [-0.39, 0.29) is 23.6 Å². The fourth-order valence-electron chi connectivity index (χ4n) is 3.06. The molecule has 0 aliphatic rings. The lowest BCUT2D eigenvalue weighted by Gasteiger charge is -2.12. The van der Waals surface area contributed by atoms with E-state index in [4.69, 9.17) is 9.47 Å². The predicted octanol–water partition coefficient (Wildman–Crippen LogP) is 5.75. The second-order valence-electron chi connectivity index (χ2n) is 7.33. The second-order valence-corrected chi connectivity index (χ2v) is 7.33.